The molecule has 150 valence electrons. The first-order valence-electron chi connectivity index (χ1n) is 7.93. The third-order valence-corrected chi connectivity index (χ3v) is 4.88. The van der Waals surface area contributed by atoms with Gasteiger partial charge in [-0.25, -0.2) is 4.39 Å². The molecule has 0 aromatic heterocycles. The van der Waals surface area contributed by atoms with Crippen LogP contribution in [0.5, 0.6) is 0 Å². The summed E-state index contributed by atoms with van der Waals surface area (Å²) in [4.78, 5) is 49.1. The van der Waals surface area contributed by atoms with Crippen molar-refractivity contribution in [2.45, 2.75) is 0 Å². The minimum absolute atomic E-state index is 0.0168. The summed E-state index contributed by atoms with van der Waals surface area (Å²) in [7, 11) is 0. The molecule has 29 heavy (non-hydrogen) atoms. The molecule has 0 spiro atoms. The molecule has 0 bridgehead atoms. The standard InChI is InChI=1S/C18H10Cl3FN2O5/c19-11-4-9-10(5-12(11)20)18(28)24(17(9)27)6-16(26)29-7-15(25)23-8-1-2-14(22)13(21)3-8/h1-5H,6-7H2,(H,23,25). The third-order valence-electron chi connectivity index (χ3n) is 3.87. The summed E-state index contributed by atoms with van der Waals surface area (Å²) in [5.41, 5.74) is 0.234. The number of amides is 3. The highest BCUT2D eigenvalue weighted by atomic mass is 35.5. The van der Waals surface area contributed by atoms with E-state index in [4.69, 9.17) is 39.5 Å². The number of nitrogens with one attached hydrogen (secondary N) is 1. The number of imide groups is 1. The van der Waals surface area contributed by atoms with Gasteiger partial charge in [0.2, 0.25) is 0 Å². The Bertz CT molecular complexity index is 1020. The van der Waals surface area contributed by atoms with Crippen LogP contribution in [0.25, 0.3) is 0 Å². The van der Waals surface area contributed by atoms with E-state index in [1.54, 1.807) is 0 Å². The van der Waals surface area contributed by atoms with Crippen molar-refractivity contribution >= 4 is 64.2 Å². The number of benzene rings is 2. The van der Waals surface area contributed by atoms with Crippen LogP contribution in [0.1, 0.15) is 20.7 Å². The van der Waals surface area contributed by atoms with Crippen molar-refractivity contribution in [2.24, 2.45) is 0 Å². The first-order chi connectivity index (χ1) is 13.7. The quantitative estimate of drug-likeness (QED) is 0.545. The molecule has 3 rings (SSSR count). The number of ether oxygens (including phenoxy) is 1. The molecule has 3 amide bonds. The number of fused-ring (bicyclic) bond motifs is 1. The molecule has 2 aromatic carbocycles. The van der Waals surface area contributed by atoms with Crippen molar-refractivity contribution in [1.82, 2.24) is 4.90 Å². The molecule has 0 radical (unpaired) electrons. The van der Waals surface area contributed by atoms with Gasteiger partial charge in [-0.3, -0.25) is 24.1 Å². The molecular weight excluding hydrogens is 450 g/mol. The summed E-state index contributed by atoms with van der Waals surface area (Å²) in [5, 5.41) is 2.35. The highest BCUT2D eigenvalue weighted by Crippen LogP contribution is 2.31. The number of esters is 1. The van der Waals surface area contributed by atoms with Crippen LogP contribution in [0.2, 0.25) is 15.1 Å². The Morgan fingerprint density at radius 2 is 1.55 bits per heavy atom. The second-order valence-electron chi connectivity index (χ2n) is 5.85. The molecule has 1 aliphatic rings. The lowest BCUT2D eigenvalue weighted by Gasteiger charge is -2.13. The molecule has 0 atom stereocenters. The summed E-state index contributed by atoms with van der Waals surface area (Å²) in [5.74, 6) is -3.82. The van der Waals surface area contributed by atoms with Gasteiger partial charge in [0.25, 0.3) is 17.7 Å². The number of carbonyl (C=O) groups excluding carboxylic acids is 4. The van der Waals surface area contributed by atoms with Gasteiger partial charge in [0.15, 0.2) is 6.61 Å². The fraction of sp³-hybridized carbons (Fsp3) is 0.111. The molecular formula is C18H10Cl3FN2O5. The number of nitrogens with zero attached hydrogens (tertiary/aromatic N) is 1. The maximum absolute atomic E-state index is 13.1. The fourth-order valence-electron chi connectivity index (χ4n) is 2.52. The van der Waals surface area contributed by atoms with Gasteiger partial charge in [-0.1, -0.05) is 34.8 Å². The molecule has 1 aliphatic heterocycles. The van der Waals surface area contributed by atoms with E-state index < -0.39 is 42.7 Å². The van der Waals surface area contributed by atoms with Crippen LogP contribution in [0.15, 0.2) is 30.3 Å². The van der Waals surface area contributed by atoms with Crippen LogP contribution >= 0.6 is 34.8 Å². The van der Waals surface area contributed by atoms with Crippen LogP contribution in [0.4, 0.5) is 10.1 Å². The predicted molar refractivity (Wildman–Crippen MR) is 103 cm³/mol. The van der Waals surface area contributed by atoms with E-state index in [2.05, 4.69) is 5.32 Å². The van der Waals surface area contributed by atoms with E-state index in [1.807, 2.05) is 0 Å². The summed E-state index contributed by atoms with van der Waals surface area (Å²) in [6.07, 6.45) is 0. The fourth-order valence-corrected chi connectivity index (χ4v) is 3.03. The molecule has 11 heteroatoms. The summed E-state index contributed by atoms with van der Waals surface area (Å²) >= 11 is 17.3. The van der Waals surface area contributed by atoms with Gasteiger partial charge in [0, 0.05) is 5.69 Å². The van der Waals surface area contributed by atoms with Gasteiger partial charge in [0.05, 0.1) is 26.2 Å². The van der Waals surface area contributed by atoms with E-state index >= 15 is 0 Å². The highest BCUT2D eigenvalue weighted by molar-refractivity contribution is 6.43. The largest absolute Gasteiger partial charge is 0.454 e. The molecule has 0 fully saturated rings. The minimum Gasteiger partial charge on any atom is -0.454 e. The second-order valence-corrected chi connectivity index (χ2v) is 7.07. The number of anilines is 1. The lowest BCUT2D eigenvalue weighted by Crippen LogP contribution is -2.36. The predicted octanol–water partition coefficient (Wildman–Crippen LogP) is 3.56. The molecule has 0 saturated heterocycles. The van der Waals surface area contributed by atoms with Crippen molar-refractivity contribution in [3.63, 3.8) is 0 Å². The molecule has 1 N–H and O–H groups in total. The van der Waals surface area contributed by atoms with Crippen LogP contribution in [-0.4, -0.2) is 41.7 Å². The third kappa shape index (κ3) is 4.50. The van der Waals surface area contributed by atoms with Crippen molar-refractivity contribution in [1.29, 1.82) is 0 Å². The van der Waals surface area contributed by atoms with E-state index in [0.29, 0.717) is 4.90 Å². The lowest BCUT2D eigenvalue weighted by atomic mass is 10.1. The smallest absolute Gasteiger partial charge is 0.326 e. The average molecular weight is 460 g/mol. The van der Waals surface area contributed by atoms with Crippen molar-refractivity contribution in [2.75, 3.05) is 18.5 Å². The maximum atomic E-state index is 13.1. The second kappa shape index (κ2) is 8.36. The molecule has 7 nitrogen and oxygen atoms in total. The number of carbonyl (C=O) groups is 4. The summed E-state index contributed by atoms with van der Waals surface area (Å²) in [6.45, 7) is -1.38. The van der Waals surface area contributed by atoms with Gasteiger partial charge < -0.3 is 10.1 Å². The molecule has 0 unspecified atom stereocenters. The molecule has 0 saturated carbocycles. The van der Waals surface area contributed by atoms with Crippen molar-refractivity contribution < 1.29 is 28.3 Å². The number of hydrogen-bond donors (Lipinski definition) is 1. The lowest BCUT2D eigenvalue weighted by molar-refractivity contribution is -0.147. The van der Waals surface area contributed by atoms with Gasteiger partial charge in [0.1, 0.15) is 12.4 Å². The first-order valence-corrected chi connectivity index (χ1v) is 9.06. The minimum atomic E-state index is -0.982. The zero-order chi connectivity index (χ0) is 21.3. The van der Waals surface area contributed by atoms with E-state index in [-0.39, 0.29) is 31.9 Å². The Hall–Kier alpha value is -2.68. The van der Waals surface area contributed by atoms with Gasteiger partial charge >= 0.3 is 5.97 Å². The van der Waals surface area contributed by atoms with Crippen LogP contribution in [-0.2, 0) is 14.3 Å². The molecule has 2 aromatic rings. The number of hydrogen-bond acceptors (Lipinski definition) is 5. The van der Waals surface area contributed by atoms with Crippen molar-refractivity contribution in [3.8, 4) is 0 Å². The van der Waals surface area contributed by atoms with Crippen LogP contribution in [0, 0.1) is 5.82 Å². The Morgan fingerprint density at radius 3 is 2.10 bits per heavy atom. The number of rotatable bonds is 5. The maximum Gasteiger partial charge on any atom is 0.326 e. The van der Waals surface area contributed by atoms with Gasteiger partial charge in [-0.05, 0) is 30.3 Å². The first kappa shape index (κ1) is 21.0. The normalized spacial score (nSPS) is 12.8. The Kier molecular flexibility index (Phi) is 6.07. The van der Waals surface area contributed by atoms with Crippen LogP contribution in [0.3, 0.4) is 0 Å². The monoisotopic (exact) mass is 458 g/mol. The SMILES string of the molecule is O=C(COC(=O)CN1C(=O)c2cc(Cl)c(Cl)cc2C1=O)Nc1ccc(F)c(Cl)c1. The highest BCUT2D eigenvalue weighted by Gasteiger charge is 2.37. The number of halogens is 4. The zero-order valence-corrected chi connectivity index (χ0v) is 16.6. The van der Waals surface area contributed by atoms with Gasteiger partial charge in [-0.15, -0.1) is 0 Å². The summed E-state index contributed by atoms with van der Waals surface area (Å²) < 4.78 is 17.9. The molecule has 0 aliphatic carbocycles. The zero-order valence-electron chi connectivity index (χ0n) is 14.3. The van der Waals surface area contributed by atoms with E-state index in [1.165, 1.54) is 24.3 Å². The topological polar surface area (TPSA) is 92.8 Å². The molecule has 1 heterocycles. The van der Waals surface area contributed by atoms with E-state index in [9.17, 15) is 23.6 Å². The average Bonchev–Trinajstić information content (AvgIpc) is 2.88. The van der Waals surface area contributed by atoms with E-state index in [0.717, 1.165) is 6.07 Å². The Morgan fingerprint density at radius 1 is 0.966 bits per heavy atom. The van der Waals surface area contributed by atoms with Crippen molar-refractivity contribution in [3.05, 3.63) is 62.3 Å². The Balaban J connectivity index is 1.57. The van der Waals surface area contributed by atoms with Crippen LogP contribution < -0.4 is 5.32 Å². The summed E-state index contributed by atoms with van der Waals surface area (Å²) in [6, 6.07) is 6.00. The Labute approximate surface area is 178 Å². The van der Waals surface area contributed by atoms with Gasteiger partial charge in [-0.2, -0.15) is 0 Å².